The van der Waals surface area contributed by atoms with E-state index < -0.39 is 5.60 Å². The van der Waals surface area contributed by atoms with Gasteiger partial charge in [-0.15, -0.1) is 0 Å². The zero-order valence-electron chi connectivity index (χ0n) is 16.1. The van der Waals surface area contributed by atoms with Crippen LogP contribution in [0.4, 0.5) is 0 Å². The number of hydrogen-bond donors (Lipinski definition) is 2. The molecule has 0 unspecified atom stereocenters. The third-order valence-corrected chi connectivity index (χ3v) is 6.47. The van der Waals surface area contributed by atoms with Gasteiger partial charge < -0.3 is 10.4 Å². The Morgan fingerprint density at radius 2 is 1.46 bits per heavy atom. The van der Waals surface area contributed by atoms with Crippen LogP contribution in [0.15, 0.2) is 84.9 Å². The molecule has 1 saturated heterocycles. The molecule has 3 aromatic carbocycles. The van der Waals surface area contributed by atoms with E-state index in [4.69, 9.17) is 11.6 Å². The highest BCUT2D eigenvalue weighted by Crippen LogP contribution is 2.45. The van der Waals surface area contributed by atoms with Crippen LogP contribution in [0.5, 0.6) is 0 Å². The Kier molecular flexibility index (Phi) is 5.54. The number of aliphatic hydroxyl groups is 1. The van der Waals surface area contributed by atoms with Crippen LogP contribution in [-0.2, 0) is 6.42 Å². The quantitative estimate of drug-likeness (QED) is 0.595. The van der Waals surface area contributed by atoms with Crippen LogP contribution < -0.4 is 5.32 Å². The van der Waals surface area contributed by atoms with Gasteiger partial charge in [0.15, 0.2) is 0 Å². The first-order chi connectivity index (χ1) is 13.6. The molecule has 2 N–H and O–H groups in total. The summed E-state index contributed by atoms with van der Waals surface area (Å²) < 4.78 is 0. The molecule has 0 aromatic heterocycles. The molecule has 1 aliphatic rings. The Morgan fingerprint density at radius 3 is 2.11 bits per heavy atom. The van der Waals surface area contributed by atoms with E-state index in [2.05, 4.69) is 60.8 Å². The average molecular weight is 392 g/mol. The van der Waals surface area contributed by atoms with Gasteiger partial charge in [-0.05, 0) is 29.2 Å². The smallest absolute Gasteiger partial charge is 0.0750 e. The fourth-order valence-corrected chi connectivity index (χ4v) is 4.62. The monoisotopic (exact) mass is 391 g/mol. The number of piperidine rings is 1. The highest BCUT2D eigenvalue weighted by Gasteiger charge is 2.46. The van der Waals surface area contributed by atoms with Crippen molar-refractivity contribution in [2.45, 2.75) is 37.5 Å². The summed E-state index contributed by atoms with van der Waals surface area (Å²) in [5.74, 6) is 0.0335. The number of halogens is 1. The topological polar surface area (TPSA) is 32.3 Å². The molecule has 0 bridgehead atoms. The molecule has 0 spiro atoms. The van der Waals surface area contributed by atoms with E-state index in [9.17, 15) is 5.11 Å². The molecule has 3 heteroatoms. The fourth-order valence-electron chi connectivity index (χ4n) is 4.42. The van der Waals surface area contributed by atoms with Gasteiger partial charge in [0.1, 0.15) is 0 Å². The first-order valence-corrected chi connectivity index (χ1v) is 10.3. The molecule has 28 heavy (non-hydrogen) atoms. The Morgan fingerprint density at radius 1 is 0.893 bits per heavy atom. The summed E-state index contributed by atoms with van der Waals surface area (Å²) in [6, 6.07) is 28.8. The molecule has 0 radical (unpaired) electrons. The second-order valence-corrected chi connectivity index (χ2v) is 8.29. The van der Waals surface area contributed by atoms with E-state index in [1.807, 2.05) is 36.4 Å². The molecular weight excluding hydrogens is 366 g/mol. The standard InChI is InChI=1S/C25H26ClNO/c1-18-24(20-12-6-3-7-13-20)27-23(19-10-4-2-5-11-19)17-25(18,28)16-21-14-8-9-15-22(21)26/h2-15,18,23-24,27-28H,16-17H2,1H3/t18-,23-,24-,25-/m1/s1. The number of nitrogens with one attached hydrogen (secondary N) is 1. The first kappa shape index (κ1) is 19.2. The van der Waals surface area contributed by atoms with Crippen LogP contribution >= 0.6 is 11.6 Å². The summed E-state index contributed by atoms with van der Waals surface area (Å²) in [7, 11) is 0. The van der Waals surface area contributed by atoms with Crippen molar-refractivity contribution >= 4 is 11.6 Å². The van der Waals surface area contributed by atoms with Crippen molar-refractivity contribution in [2.24, 2.45) is 5.92 Å². The first-order valence-electron chi connectivity index (χ1n) is 9.88. The van der Waals surface area contributed by atoms with Crippen molar-refractivity contribution in [3.63, 3.8) is 0 Å². The predicted octanol–water partition coefficient (Wildman–Crippen LogP) is 5.73. The minimum Gasteiger partial charge on any atom is -0.389 e. The van der Waals surface area contributed by atoms with E-state index in [0.717, 1.165) is 5.56 Å². The van der Waals surface area contributed by atoms with Crippen LogP contribution in [0.25, 0.3) is 0 Å². The van der Waals surface area contributed by atoms with Crippen LogP contribution in [0, 0.1) is 5.92 Å². The van der Waals surface area contributed by atoms with Crippen molar-refractivity contribution in [1.82, 2.24) is 5.32 Å². The van der Waals surface area contributed by atoms with Gasteiger partial charge in [-0.3, -0.25) is 0 Å². The summed E-state index contributed by atoms with van der Waals surface area (Å²) in [6.07, 6.45) is 1.19. The van der Waals surface area contributed by atoms with Crippen molar-refractivity contribution in [2.75, 3.05) is 0 Å². The molecule has 4 rings (SSSR count). The third-order valence-electron chi connectivity index (χ3n) is 6.10. The van der Waals surface area contributed by atoms with Gasteiger partial charge >= 0.3 is 0 Å². The zero-order valence-corrected chi connectivity index (χ0v) is 16.8. The van der Waals surface area contributed by atoms with Crippen LogP contribution in [0.3, 0.4) is 0 Å². The summed E-state index contributed by atoms with van der Waals surface area (Å²) in [6.45, 7) is 2.14. The Labute approximate surface area is 172 Å². The van der Waals surface area contributed by atoms with Gasteiger partial charge in [0.2, 0.25) is 0 Å². The maximum atomic E-state index is 11.9. The normalized spacial score (nSPS) is 27.5. The fraction of sp³-hybridized carbons (Fsp3) is 0.280. The second-order valence-electron chi connectivity index (χ2n) is 7.88. The highest BCUT2D eigenvalue weighted by atomic mass is 35.5. The predicted molar refractivity (Wildman–Crippen MR) is 115 cm³/mol. The van der Waals surface area contributed by atoms with Crippen molar-refractivity contribution < 1.29 is 5.11 Å². The largest absolute Gasteiger partial charge is 0.389 e. The average Bonchev–Trinajstić information content (AvgIpc) is 2.73. The van der Waals surface area contributed by atoms with E-state index in [-0.39, 0.29) is 18.0 Å². The van der Waals surface area contributed by atoms with Gasteiger partial charge in [0.25, 0.3) is 0 Å². The van der Waals surface area contributed by atoms with E-state index in [0.29, 0.717) is 17.9 Å². The van der Waals surface area contributed by atoms with Crippen molar-refractivity contribution in [3.8, 4) is 0 Å². The molecule has 0 amide bonds. The van der Waals surface area contributed by atoms with Gasteiger partial charge in [0, 0.05) is 29.4 Å². The number of hydrogen-bond acceptors (Lipinski definition) is 2. The number of rotatable bonds is 4. The van der Waals surface area contributed by atoms with E-state index in [1.54, 1.807) is 0 Å². The van der Waals surface area contributed by atoms with E-state index >= 15 is 0 Å². The molecule has 1 fully saturated rings. The van der Waals surface area contributed by atoms with Gasteiger partial charge in [-0.2, -0.15) is 0 Å². The van der Waals surface area contributed by atoms with Crippen molar-refractivity contribution in [3.05, 3.63) is 107 Å². The van der Waals surface area contributed by atoms with Crippen molar-refractivity contribution in [1.29, 1.82) is 0 Å². The summed E-state index contributed by atoms with van der Waals surface area (Å²) in [4.78, 5) is 0. The Bertz CT molecular complexity index is 914. The highest BCUT2D eigenvalue weighted by molar-refractivity contribution is 6.31. The maximum absolute atomic E-state index is 11.9. The molecule has 4 atom stereocenters. The third kappa shape index (κ3) is 3.86. The molecule has 0 aliphatic carbocycles. The van der Waals surface area contributed by atoms with Crippen LogP contribution in [0.1, 0.15) is 42.1 Å². The number of benzene rings is 3. The summed E-state index contributed by atoms with van der Waals surface area (Å²) >= 11 is 6.43. The second kappa shape index (κ2) is 8.08. The lowest BCUT2D eigenvalue weighted by molar-refractivity contribution is -0.0674. The maximum Gasteiger partial charge on any atom is 0.0750 e. The van der Waals surface area contributed by atoms with Gasteiger partial charge in [-0.1, -0.05) is 97.4 Å². The lowest BCUT2D eigenvalue weighted by Gasteiger charge is -2.48. The summed E-state index contributed by atoms with van der Waals surface area (Å²) in [5.41, 5.74) is 2.54. The molecule has 2 nitrogen and oxygen atoms in total. The minimum atomic E-state index is -0.864. The SMILES string of the molecule is C[C@@H]1[C@H](c2ccccc2)N[C@@H](c2ccccc2)C[C@]1(O)Cc1ccccc1Cl. The molecule has 144 valence electrons. The zero-order chi connectivity index (χ0) is 19.6. The Hall–Kier alpha value is -2.13. The van der Waals surface area contributed by atoms with Gasteiger partial charge in [-0.25, -0.2) is 0 Å². The Balaban J connectivity index is 1.72. The minimum absolute atomic E-state index is 0.0335. The van der Waals surface area contributed by atoms with Gasteiger partial charge in [0.05, 0.1) is 5.60 Å². The molecular formula is C25H26ClNO. The lowest BCUT2D eigenvalue weighted by Crippen LogP contribution is -2.53. The molecule has 1 aliphatic heterocycles. The summed E-state index contributed by atoms with van der Waals surface area (Å²) in [5, 5.41) is 16.4. The van der Waals surface area contributed by atoms with Crippen LogP contribution in [0.2, 0.25) is 5.02 Å². The van der Waals surface area contributed by atoms with E-state index in [1.165, 1.54) is 11.1 Å². The molecule has 3 aromatic rings. The molecule has 0 saturated carbocycles. The van der Waals surface area contributed by atoms with Crippen LogP contribution in [-0.4, -0.2) is 10.7 Å². The molecule has 1 heterocycles. The lowest BCUT2D eigenvalue weighted by atomic mass is 9.69.